The fourth-order valence-electron chi connectivity index (χ4n) is 2.57. The highest BCUT2D eigenvalue weighted by Crippen LogP contribution is 2.25. The number of aliphatic hydroxyl groups is 1. The van der Waals surface area contributed by atoms with E-state index in [4.69, 9.17) is 5.73 Å². The van der Waals surface area contributed by atoms with Gasteiger partial charge in [0.2, 0.25) is 0 Å². The summed E-state index contributed by atoms with van der Waals surface area (Å²) in [6.07, 6.45) is 6.83. The fraction of sp³-hybridized carbons (Fsp3) is 1.00. The van der Waals surface area contributed by atoms with Crippen LogP contribution in [-0.2, 0) is 0 Å². The van der Waals surface area contributed by atoms with Gasteiger partial charge in [0.1, 0.15) is 0 Å². The van der Waals surface area contributed by atoms with Gasteiger partial charge in [-0.25, -0.2) is 0 Å². The molecular weight excluding hydrogens is 176 g/mol. The normalized spacial score (nSPS) is 43.3. The SMILES string of the molecule is NC1CC(NCC2CCCCC2O)C1. The summed E-state index contributed by atoms with van der Waals surface area (Å²) >= 11 is 0. The molecule has 0 bridgehead atoms. The van der Waals surface area contributed by atoms with Gasteiger partial charge in [-0.2, -0.15) is 0 Å². The summed E-state index contributed by atoms with van der Waals surface area (Å²) in [7, 11) is 0. The fourth-order valence-corrected chi connectivity index (χ4v) is 2.57. The van der Waals surface area contributed by atoms with E-state index in [1.807, 2.05) is 0 Å². The summed E-state index contributed by atoms with van der Waals surface area (Å²) in [5.74, 6) is 0.487. The predicted octanol–water partition coefficient (Wildman–Crippen LogP) is 0.617. The van der Waals surface area contributed by atoms with Gasteiger partial charge in [-0.05, 0) is 31.6 Å². The summed E-state index contributed by atoms with van der Waals surface area (Å²) in [6, 6.07) is 1.04. The average molecular weight is 198 g/mol. The minimum atomic E-state index is -0.0648. The molecule has 3 heteroatoms. The molecule has 2 saturated carbocycles. The van der Waals surface area contributed by atoms with Crippen LogP contribution in [0.5, 0.6) is 0 Å². The molecule has 82 valence electrons. The topological polar surface area (TPSA) is 58.3 Å². The van der Waals surface area contributed by atoms with Gasteiger partial charge >= 0.3 is 0 Å². The number of hydrogen-bond acceptors (Lipinski definition) is 3. The molecular formula is C11H22N2O. The molecule has 4 N–H and O–H groups in total. The van der Waals surface area contributed by atoms with Gasteiger partial charge in [0.05, 0.1) is 6.10 Å². The number of nitrogens with one attached hydrogen (secondary N) is 1. The Morgan fingerprint density at radius 1 is 1.21 bits per heavy atom. The Bertz CT molecular complexity index is 180. The molecule has 0 heterocycles. The van der Waals surface area contributed by atoms with E-state index in [0.717, 1.165) is 25.8 Å². The lowest BCUT2D eigenvalue weighted by Gasteiger charge is -2.36. The van der Waals surface area contributed by atoms with Gasteiger partial charge in [-0.3, -0.25) is 0 Å². The van der Waals surface area contributed by atoms with Crippen molar-refractivity contribution in [2.24, 2.45) is 11.7 Å². The van der Waals surface area contributed by atoms with Crippen molar-refractivity contribution in [1.82, 2.24) is 5.32 Å². The van der Waals surface area contributed by atoms with Crippen molar-refractivity contribution in [2.75, 3.05) is 6.54 Å². The molecule has 0 amide bonds. The van der Waals surface area contributed by atoms with Crippen molar-refractivity contribution in [1.29, 1.82) is 0 Å². The van der Waals surface area contributed by atoms with E-state index < -0.39 is 0 Å². The molecule has 0 saturated heterocycles. The van der Waals surface area contributed by atoms with Crippen LogP contribution in [0.15, 0.2) is 0 Å². The summed E-state index contributed by atoms with van der Waals surface area (Å²) in [4.78, 5) is 0. The lowest BCUT2D eigenvalue weighted by molar-refractivity contribution is 0.0656. The van der Waals surface area contributed by atoms with Crippen LogP contribution in [0.25, 0.3) is 0 Å². The molecule has 2 aliphatic carbocycles. The maximum atomic E-state index is 9.76. The monoisotopic (exact) mass is 198 g/mol. The highest BCUT2D eigenvalue weighted by atomic mass is 16.3. The van der Waals surface area contributed by atoms with Crippen LogP contribution in [0.3, 0.4) is 0 Å². The van der Waals surface area contributed by atoms with Crippen molar-refractivity contribution in [3.05, 3.63) is 0 Å². The van der Waals surface area contributed by atoms with Crippen LogP contribution in [0, 0.1) is 5.92 Å². The van der Waals surface area contributed by atoms with Crippen LogP contribution in [0.2, 0.25) is 0 Å². The first kappa shape index (κ1) is 10.4. The van der Waals surface area contributed by atoms with Crippen LogP contribution >= 0.6 is 0 Å². The zero-order valence-electron chi connectivity index (χ0n) is 8.78. The minimum Gasteiger partial charge on any atom is -0.393 e. The molecule has 2 aliphatic rings. The Morgan fingerprint density at radius 3 is 2.57 bits per heavy atom. The smallest absolute Gasteiger partial charge is 0.0580 e. The molecule has 0 aromatic carbocycles. The number of rotatable bonds is 3. The second-order valence-electron chi connectivity index (χ2n) is 4.95. The van der Waals surface area contributed by atoms with Crippen molar-refractivity contribution < 1.29 is 5.11 Å². The maximum Gasteiger partial charge on any atom is 0.0580 e. The third-order valence-corrected chi connectivity index (χ3v) is 3.71. The Hall–Kier alpha value is -0.120. The first-order valence-corrected chi connectivity index (χ1v) is 5.92. The second kappa shape index (κ2) is 4.60. The van der Waals surface area contributed by atoms with Crippen molar-refractivity contribution in [3.63, 3.8) is 0 Å². The van der Waals surface area contributed by atoms with E-state index in [9.17, 15) is 5.11 Å². The highest BCUT2D eigenvalue weighted by Gasteiger charge is 2.28. The molecule has 0 radical (unpaired) electrons. The lowest BCUT2D eigenvalue weighted by atomic mass is 9.84. The molecule has 2 rings (SSSR count). The van der Waals surface area contributed by atoms with Gasteiger partial charge in [0.25, 0.3) is 0 Å². The molecule has 0 aromatic rings. The van der Waals surface area contributed by atoms with Crippen LogP contribution < -0.4 is 11.1 Å². The Kier molecular flexibility index (Phi) is 3.42. The van der Waals surface area contributed by atoms with Gasteiger partial charge in [-0.1, -0.05) is 12.8 Å². The largest absolute Gasteiger partial charge is 0.393 e. The number of nitrogens with two attached hydrogens (primary N) is 1. The van der Waals surface area contributed by atoms with Gasteiger partial charge in [0.15, 0.2) is 0 Å². The van der Waals surface area contributed by atoms with E-state index in [0.29, 0.717) is 18.0 Å². The predicted molar refractivity (Wildman–Crippen MR) is 57.0 cm³/mol. The Balaban J connectivity index is 1.64. The van der Waals surface area contributed by atoms with E-state index in [2.05, 4.69) is 5.32 Å². The Labute approximate surface area is 86.1 Å². The quantitative estimate of drug-likeness (QED) is 0.623. The van der Waals surface area contributed by atoms with Crippen LogP contribution in [0.1, 0.15) is 38.5 Å². The third-order valence-electron chi connectivity index (χ3n) is 3.71. The highest BCUT2D eigenvalue weighted by molar-refractivity contribution is 4.88. The van der Waals surface area contributed by atoms with Crippen molar-refractivity contribution >= 4 is 0 Å². The Morgan fingerprint density at radius 2 is 1.93 bits per heavy atom. The van der Waals surface area contributed by atoms with Crippen molar-refractivity contribution in [3.8, 4) is 0 Å². The average Bonchev–Trinajstić information content (AvgIpc) is 2.13. The maximum absolute atomic E-state index is 9.76. The second-order valence-corrected chi connectivity index (χ2v) is 4.95. The van der Waals surface area contributed by atoms with Gasteiger partial charge in [0, 0.05) is 18.6 Å². The van der Waals surface area contributed by atoms with Crippen molar-refractivity contribution in [2.45, 2.75) is 56.7 Å². The molecule has 0 aromatic heterocycles. The molecule has 2 fully saturated rings. The molecule has 2 unspecified atom stereocenters. The lowest BCUT2D eigenvalue weighted by Crippen LogP contribution is -2.50. The number of aliphatic hydroxyl groups excluding tert-OH is 1. The standard InChI is InChI=1S/C11H22N2O/c12-9-5-10(6-9)13-7-8-3-1-2-4-11(8)14/h8-11,13-14H,1-7,12H2. The van der Waals surface area contributed by atoms with Gasteiger partial charge < -0.3 is 16.2 Å². The third kappa shape index (κ3) is 2.47. The number of hydrogen-bond donors (Lipinski definition) is 3. The summed E-state index contributed by atoms with van der Waals surface area (Å²) in [6.45, 7) is 0.985. The first-order chi connectivity index (χ1) is 6.75. The first-order valence-electron chi connectivity index (χ1n) is 5.92. The summed E-state index contributed by atoms with van der Waals surface area (Å²) in [5.41, 5.74) is 5.72. The summed E-state index contributed by atoms with van der Waals surface area (Å²) < 4.78 is 0. The molecule has 0 spiro atoms. The van der Waals surface area contributed by atoms with E-state index in [-0.39, 0.29) is 6.10 Å². The molecule has 0 aliphatic heterocycles. The van der Waals surface area contributed by atoms with E-state index in [1.54, 1.807) is 0 Å². The van der Waals surface area contributed by atoms with Crippen LogP contribution in [-0.4, -0.2) is 29.8 Å². The zero-order valence-corrected chi connectivity index (χ0v) is 8.78. The molecule has 14 heavy (non-hydrogen) atoms. The van der Waals surface area contributed by atoms with Gasteiger partial charge in [-0.15, -0.1) is 0 Å². The summed E-state index contributed by atoms with van der Waals surface area (Å²) in [5, 5.41) is 13.3. The molecule has 2 atom stereocenters. The van der Waals surface area contributed by atoms with E-state index in [1.165, 1.54) is 19.3 Å². The molecule has 3 nitrogen and oxygen atoms in total. The van der Waals surface area contributed by atoms with E-state index >= 15 is 0 Å². The van der Waals surface area contributed by atoms with Crippen LogP contribution in [0.4, 0.5) is 0 Å². The zero-order chi connectivity index (χ0) is 9.97. The minimum absolute atomic E-state index is 0.0648.